The van der Waals surface area contributed by atoms with E-state index in [-0.39, 0.29) is 0 Å². The third-order valence-corrected chi connectivity index (χ3v) is 5.11. The van der Waals surface area contributed by atoms with E-state index in [4.69, 9.17) is 0 Å². The zero-order valence-corrected chi connectivity index (χ0v) is 10.1. The fraction of sp³-hybridized carbons (Fsp3) is 0.562. The van der Waals surface area contributed by atoms with Crippen molar-refractivity contribution in [1.29, 1.82) is 0 Å². The predicted molar refractivity (Wildman–Crippen MR) is 66.8 cm³/mol. The van der Waals surface area contributed by atoms with E-state index in [1.54, 1.807) is 0 Å². The Labute approximate surface area is 102 Å². The van der Waals surface area contributed by atoms with Crippen molar-refractivity contribution in [2.45, 2.75) is 38.0 Å². The van der Waals surface area contributed by atoms with Gasteiger partial charge in [0.05, 0.1) is 0 Å². The smallest absolute Gasteiger partial charge is 0.136 e. The third-order valence-electron chi connectivity index (χ3n) is 5.11. The maximum Gasteiger partial charge on any atom is 0.136 e. The molecule has 17 heavy (non-hydrogen) atoms. The van der Waals surface area contributed by atoms with Gasteiger partial charge < -0.3 is 0 Å². The normalized spacial score (nSPS) is 36.9. The minimum Gasteiger partial charge on any atom is -0.299 e. The van der Waals surface area contributed by atoms with Gasteiger partial charge in [0.25, 0.3) is 0 Å². The van der Waals surface area contributed by atoms with Crippen LogP contribution < -0.4 is 0 Å². The highest BCUT2D eigenvalue weighted by Crippen LogP contribution is 2.55. The zero-order valence-electron chi connectivity index (χ0n) is 10.1. The van der Waals surface area contributed by atoms with E-state index in [0.717, 1.165) is 24.7 Å². The number of benzene rings is 1. The minimum absolute atomic E-state index is 0.423. The van der Waals surface area contributed by atoms with Crippen LogP contribution in [-0.2, 0) is 11.2 Å². The maximum absolute atomic E-state index is 12.2. The molecule has 0 N–H and O–H groups in total. The van der Waals surface area contributed by atoms with Crippen LogP contribution in [0.3, 0.4) is 0 Å². The molecule has 3 aliphatic rings. The quantitative estimate of drug-likeness (QED) is 0.772. The van der Waals surface area contributed by atoms with Gasteiger partial charge in [-0.15, -0.1) is 0 Å². The highest BCUT2D eigenvalue weighted by atomic mass is 16.1. The highest BCUT2D eigenvalue weighted by molar-refractivity contribution is 5.82. The fourth-order valence-electron chi connectivity index (χ4n) is 3.93. The molecule has 0 aromatic heterocycles. The summed E-state index contributed by atoms with van der Waals surface area (Å²) in [6.07, 6.45) is 5.76. The van der Waals surface area contributed by atoms with E-state index >= 15 is 0 Å². The van der Waals surface area contributed by atoms with Gasteiger partial charge in [-0.05, 0) is 54.6 Å². The van der Waals surface area contributed by atoms with E-state index in [1.165, 1.54) is 30.4 Å². The van der Waals surface area contributed by atoms with E-state index in [1.807, 2.05) is 0 Å². The molecule has 1 aromatic rings. The van der Waals surface area contributed by atoms with Gasteiger partial charge in [0, 0.05) is 12.3 Å². The monoisotopic (exact) mass is 226 g/mol. The largest absolute Gasteiger partial charge is 0.299 e. The third kappa shape index (κ3) is 1.55. The van der Waals surface area contributed by atoms with Crippen LogP contribution in [0.2, 0.25) is 0 Å². The molecule has 3 aliphatic carbocycles. The van der Waals surface area contributed by atoms with Gasteiger partial charge in [-0.3, -0.25) is 4.79 Å². The summed E-state index contributed by atoms with van der Waals surface area (Å²) < 4.78 is 0. The Hall–Kier alpha value is -1.11. The van der Waals surface area contributed by atoms with Crippen LogP contribution in [0, 0.1) is 17.8 Å². The SMILES string of the molecule is O=C(CC1Cc2ccccc21)C1CC2CC2C1. The Morgan fingerprint density at radius 3 is 2.65 bits per heavy atom. The molecule has 1 aromatic carbocycles. The van der Waals surface area contributed by atoms with Crippen LogP contribution in [0.5, 0.6) is 0 Å². The summed E-state index contributed by atoms with van der Waals surface area (Å²) in [7, 11) is 0. The summed E-state index contributed by atoms with van der Waals surface area (Å²) >= 11 is 0. The molecule has 0 radical (unpaired) electrons. The number of rotatable bonds is 3. The zero-order chi connectivity index (χ0) is 11.4. The van der Waals surface area contributed by atoms with Crippen LogP contribution in [0.4, 0.5) is 0 Å². The molecule has 1 nitrogen and oxygen atoms in total. The van der Waals surface area contributed by atoms with Gasteiger partial charge in [-0.25, -0.2) is 0 Å². The average Bonchev–Trinajstić information content (AvgIpc) is 2.93. The van der Waals surface area contributed by atoms with Crippen LogP contribution in [0.1, 0.15) is 42.7 Å². The lowest BCUT2D eigenvalue weighted by Crippen LogP contribution is -2.23. The molecular formula is C16H18O. The van der Waals surface area contributed by atoms with Crippen LogP contribution >= 0.6 is 0 Å². The number of Topliss-reactive ketones (excluding diaryl/α,β-unsaturated/α-hetero) is 1. The molecule has 3 unspecified atom stereocenters. The summed E-state index contributed by atoms with van der Waals surface area (Å²) in [5, 5.41) is 0. The van der Waals surface area contributed by atoms with Crippen LogP contribution in [-0.4, -0.2) is 5.78 Å². The average molecular weight is 226 g/mol. The van der Waals surface area contributed by atoms with Crippen molar-refractivity contribution in [2.75, 3.05) is 0 Å². The minimum atomic E-state index is 0.423. The molecule has 0 saturated heterocycles. The van der Waals surface area contributed by atoms with Gasteiger partial charge in [0.2, 0.25) is 0 Å². The molecule has 2 saturated carbocycles. The molecule has 1 heteroatoms. The second-order valence-electron chi connectivity index (χ2n) is 6.19. The van der Waals surface area contributed by atoms with Gasteiger partial charge in [0.1, 0.15) is 5.78 Å². The summed E-state index contributed by atoms with van der Waals surface area (Å²) in [4.78, 5) is 12.2. The van der Waals surface area contributed by atoms with E-state index in [0.29, 0.717) is 17.6 Å². The van der Waals surface area contributed by atoms with Crippen molar-refractivity contribution in [1.82, 2.24) is 0 Å². The first-order valence-electron chi connectivity index (χ1n) is 6.92. The van der Waals surface area contributed by atoms with Gasteiger partial charge >= 0.3 is 0 Å². The standard InChI is InChI=1S/C16H18O/c17-16(14-7-11-6-12(11)8-14)9-13-5-10-3-1-2-4-15(10)13/h1-4,11-14H,5-9H2. The molecule has 4 rings (SSSR count). The summed E-state index contributed by atoms with van der Waals surface area (Å²) in [6, 6.07) is 8.59. The Bertz CT molecular complexity index is 466. The topological polar surface area (TPSA) is 17.1 Å². The molecule has 0 heterocycles. The predicted octanol–water partition coefficient (Wildman–Crippen LogP) is 3.33. The summed E-state index contributed by atoms with van der Waals surface area (Å²) in [5.74, 6) is 3.37. The summed E-state index contributed by atoms with van der Waals surface area (Å²) in [5.41, 5.74) is 2.89. The Morgan fingerprint density at radius 1 is 1.12 bits per heavy atom. The molecule has 0 amide bonds. The molecule has 0 bridgehead atoms. The Balaban J connectivity index is 1.41. The van der Waals surface area contributed by atoms with Gasteiger partial charge in [0.15, 0.2) is 0 Å². The molecule has 0 aliphatic heterocycles. The van der Waals surface area contributed by atoms with Crippen LogP contribution in [0.25, 0.3) is 0 Å². The number of hydrogen-bond acceptors (Lipinski definition) is 1. The van der Waals surface area contributed by atoms with Crippen molar-refractivity contribution in [2.24, 2.45) is 17.8 Å². The molecular weight excluding hydrogens is 208 g/mol. The fourth-order valence-corrected chi connectivity index (χ4v) is 3.93. The molecule has 3 atom stereocenters. The Morgan fingerprint density at radius 2 is 1.88 bits per heavy atom. The van der Waals surface area contributed by atoms with Gasteiger partial charge in [-0.2, -0.15) is 0 Å². The summed E-state index contributed by atoms with van der Waals surface area (Å²) in [6.45, 7) is 0. The highest BCUT2D eigenvalue weighted by Gasteiger charge is 2.48. The first kappa shape index (κ1) is 9.87. The lowest BCUT2D eigenvalue weighted by molar-refractivity contribution is -0.123. The maximum atomic E-state index is 12.2. The lowest BCUT2D eigenvalue weighted by Gasteiger charge is -2.30. The first-order chi connectivity index (χ1) is 8.31. The van der Waals surface area contributed by atoms with Crippen LogP contribution in [0.15, 0.2) is 24.3 Å². The number of fused-ring (bicyclic) bond motifs is 2. The molecule has 0 spiro atoms. The second kappa shape index (κ2) is 3.44. The molecule has 2 fully saturated rings. The van der Waals surface area contributed by atoms with E-state index < -0.39 is 0 Å². The van der Waals surface area contributed by atoms with E-state index in [2.05, 4.69) is 24.3 Å². The number of carbonyl (C=O) groups excluding carboxylic acids is 1. The lowest BCUT2D eigenvalue weighted by atomic mass is 9.74. The van der Waals surface area contributed by atoms with Gasteiger partial charge in [-0.1, -0.05) is 24.3 Å². The van der Waals surface area contributed by atoms with Crippen molar-refractivity contribution in [3.05, 3.63) is 35.4 Å². The molecule has 88 valence electrons. The van der Waals surface area contributed by atoms with Crippen molar-refractivity contribution in [3.8, 4) is 0 Å². The van der Waals surface area contributed by atoms with E-state index in [9.17, 15) is 4.79 Å². The Kier molecular flexibility index (Phi) is 2.00. The number of carbonyl (C=O) groups is 1. The number of ketones is 1. The van der Waals surface area contributed by atoms with Crippen molar-refractivity contribution >= 4 is 5.78 Å². The second-order valence-corrected chi connectivity index (χ2v) is 6.19. The van der Waals surface area contributed by atoms with Crippen molar-refractivity contribution < 1.29 is 4.79 Å². The first-order valence-corrected chi connectivity index (χ1v) is 6.92. The number of hydrogen-bond donors (Lipinski definition) is 0. The van der Waals surface area contributed by atoms with Crippen molar-refractivity contribution in [3.63, 3.8) is 0 Å².